The van der Waals surface area contributed by atoms with Gasteiger partial charge in [-0.1, -0.05) is 37.6 Å². The van der Waals surface area contributed by atoms with Gasteiger partial charge < -0.3 is 5.73 Å². The molecule has 0 saturated heterocycles. The number of carbonyl (C=O) groups excluding carboxylic acids is 2. The largest absolute Gasteiger partial charge is 0.327 e. The zero-order valence-corrected chi connectivity index (χ0v) is 18.2. The first-order chi connectivity index (χ1) is 13.8. The van der Waals surface area contributed by atoms with E-state index >= 15 is 0 Å². The van der Waals surface area contributed by atoms with Crippen molar-refractivity contribution in [3.05, 3.63) is 42.0 Å². The van der Waals surface area contributed by atoms with E-state index in [0.717, 1.165) is 25.7 Å². The summed E-state index contributed by atoms with van der Waals surface area (Å²) in [5.74, 6) is 1.86. The van der Waals surface area contributed by atoms with Gasteiger partial charge in [0.25, 0.3) is 0 Å². The second-order valence-corrected chi connectivity index (χ2v) is 11.5. The predicted molar refractivity (Wildman–Crippen MR) is 117 cm³/mol. The Kier molecular flexibility index (Phi) is 4.60. The second kappa shape index (κ2) is 6.81. The monoisotopic (exact) mass is 409 g/mol. The van der Waals surface area contributed by atoms with Gasteiger partial charge in [0.05, 0.1) is 0 Å². The SMILES string of the molecule is C[C@]12CCC(=O)C=C1CC(N)[C@@H]1[C@@H]2CC[C@]2(C)C(=O)CC(Sc3ccccc3)[C@@H]12. The van der Waals surface area contributed by atoms with Crippen LogP contribution in [0.5, 0.6) is 0 Å². The van der Waals surface area contributed by atoms with E-state index in [1.807, 2.05) is 23.9 Å². The van der Waals surface area contributed by atoms with Crippen LogP contribution in [-0.2, 0) is 9.59 Å². The second-order valence-electron chi connectivity index (χ2n) is 10.2. The van der Waals surface area contributed by atoms with Gasteiger partial charge in [-0.2, -0.15) is 0 Å². The van der Waals surface area contributed by atoms with E-state index in [1.54, 1.807) is 0 Å². The zero-order valence-electron chi connectivity index (χ0n) is 17.4. The van der Waals surface area contributed by atoms with Gasteiger partial charge in [-0.25, -0.2) is 0 Å². The highest BCUT2D eigenvalue weighted by Gasteiger charge is 2.63. The maximum absolute atomic E-state index is 13.2. The van der Waals surface area contributed by atoms with Crippen molar-refractivity contribution < 1.29 is 9.59 Å². The predicted octanol–water partition coefficient (Wildman–Crippen LogP) is 4.80. The van der Waals surface area contributed by atoms with Gasteiger partial charge in [0.15, 0.2) is 5.78 Å². The maximum atomic E-state index is 13.2. The van der Waals surface area contributed by atoms with Crippen LogP contribution in [0, 0.1) is 28.6 Å². The fraction of sp³-hybridized carbons (Fsp3) is 0.600. The number of ketones is 2. The molecule has 3 saturated carbocycles. The topological polar surface area (TPSA) is 60.2 Å². The van der Waals surface area contributed by atoms with Gasteiger partial charge in [-0.3, -0.25) is 9.59 Å². The number of thioether (sulfide) groups is 1. The fourth-order valence-electron chi connectivity index (χ4n) is 7.19. The first kappa shape index (κ1) is 19.6. The Balaban J connectivity index is 1.53. The third-order valence-corrected chi connectivity index (χ3v) is 10.1. The van der Waals surface area contributed by atoms with E-state index in [4.69, 9.17) is 5.73 Å². The van der Waals surface area contributed by atoms with E-state index in [0.29, 0.717) is 41.6 Å². The van der Waals surface area contributed by atoms with E-state index < -0.39 is 0 Å². The molecular weight excluding hydrogens is 378 g/mol. The minimum atomic E-state index is -0.243. The molecule has 3 fully saturated rings. The summed E-state index contributed by atoms with van der Waals surface area (Å²) in [5.41, 5.74) is 7.95. The van der Waals surface area contributed by atoms with Crippen LogP contribution in [0.4, 0.5) is 0 Å². The molecule has 3 nitrogen and oxygen atoms in total. The number of fused-ring (bicyclic) bond motifs is 5. The normalized spacial score (nSPS) is 44.0. The molecule has 0 heterocycles. The van der Waals surface area contributed by atoms with E-state index in [2.05, 4.69) is 38.1 Å². The molecule has 0 radical (unpaired) electrons. The molecule has 0 aromatic heterocycles. The molecule has 7 atom stereocenters. The summed E-state index contributed by atoms with van der Waals surface area (Å²) in [6.07, 6.45) is 7.00. The minimum absolute atomic E-state index is 0.0413. The van der Waals surface area contributed by atoms with Crippen molar-refractivity contribution in [1.82, 2.24) is 0 Å². The molecule has 29 heavy (non-hydrogen) atoms. The lowest BCUT2D eigenvalue weighted by atomic mass is 9.46. The Bertz CT molecular complexity index is 880. The van der Waals surface area contributed by atoms with Crippen molar-refractivity contribution in [3.8, 4) is 0 Å². The van der Waals surface area contributed by atoms with Gasteiger partial charge >= 0.3 is 0 Å². The Labute approximate surface area is 177 Å². The Morgan fingerprint density at radius 3 is 2.55 bits per heavy atom. The summed E-state index contributed by atoms with van der Waals surface area (Å²) >= 11 is 1.88. The smallest absolute Gasteiger partial charge is 0.155 e. The van der Waals surface area contributed by atoms with Crippen LogP contribution in [0.15, 0.2) is 46.9 Å². The number of hydrogen-bond donors (Lipinski definition) is 1. The molecule has 1 aromatic rings. The lowest BCUT2D eigenvalue weighted by Gasteiger charge is -2.59. The minimum Gasteiger partial charge on any atom is -0.327 e. The molecule has 4 aliphatic rings. The molecule has 2 unspecified atom stereocenters. The van der Waals surface area contributed by atoms with Crippen LogP contribution in [0.25, 0.3) is 0 Å². The van der Waals surface area contributed by atoms with Gasteiger partial charge in [0.2, 0.25) is 0 Å². The van der Waals surface area contributed by atoms with Crippen molar-refractivity contribution in [2.24, 2.45) is 34.3 Å². The maximum Gasteiger partial charge on any atom is 0.155 e. The highest BCUT2D eigenvalue weighted by Crippen LogP contribution is 2.65. The number of nitrogens with two attached hydrogens (primary N) is 1. The number of Topliss-reactive ketones (excluding diaryl/α,β-unsaturated/α-hetero) is 1. The molecule has 0 bridgehead atoms. The number of carbonyl (C=O) groups is 2. The van der Waals surface area contributed by atoms with Crippen molar-refractivity contribution >= 4 is 23.3 Å². The van der Waals surface area contributed by atoms with Gasteiger partial charge in [-0.05, 0) is 67.1 Å². The average molecular weight is 410 g/mol. The molecule has 2 N–H and O–H groups in total. The molecular formula is C25H31NO2S. The highest BCUT2D eigenvalue weighted by atomic mass is 32.2. The highest BCUT2D eigenvalue weighted by molar-refractivity contribution is 8.00. The Morgan fingerprint density at radius 2 is 1.79 bits per heavy atom. The number of benzene rings is 1. The first-order valence-corrected chi connectivity index (χ1v) is 12.0. The molecule has 4 aliphatic carbocycles. The Hall–Kier alpha value is -1.39. The number of hydrogen-bond acceptors (Lipinski definition) is 4. The average Bonchev–Trinajstić information content (AvgIpc) is 2.94. The summed E-state index contributed by atoms with van der Waals surface area (Å²) in [4.78, 5) is 26.5. The fourth-order valence-corrected chi connectivity index (χ4v) is 8.72. The van der Waals surface area contributed by atoms with Gasteiger partial charge in [0, 0.05) is 34.4 Å². The summed E-state index contributed by atoms with van der Waals surface area (Å²) in [6, 6.07) is 10.5. The van der Waals surface area contributed by atoms with Crippen molar-refractivity contribution in [1.29, 1.82) is 0 Å². The molecule has 154 valence electrons. The lowest BCUT2D eigenvalue weighted by Crippen LogP contribution is -2.59. The lowest BCUT2D eigenvalue weighted by molar-refractivity contribution is -0.133. The van der Waals surface area contributed by atoms with Gasteiger partial charge in [0.1, 0.15) is 5.78 Å². The molecule has 0 aliphatic heterocycles. The standard InChI is InChI=1S/C25H31NO2S/c1-24-10-8-16(27)12-15(24)13-19(26)22-18(24)9-11-25(2)21(28)14-20(23(22)25)29-17-6-4-3-5-7-17/h3-7,12,18-20,22-23H,8-11,13-14,26H2,1-2H3/t18-,19?,20?,22-,23-,24-,25+/m0/s1. The molecule has 0 amide bonds. The van der Waals surface area contributed by atoms with Crippen LogP contribution < -0.4 is 5.73 Å². The van der Waals surface area contributed by atoms with E-state index in [-0.39, 0.29) is 22.7 Å². The third kappa shape index (κ3) is 2.90. The van der Waals surface area contributed by atoms with Crippen LogP contribution in [0.1, 0.15) is 52.4 Å². The number of rotatable bonds is 2. The molecule has 5 rings (SSSR count). The van der Waals surface area contributed by atoms with Crippen LogP contribution >= 0.6 is 11.8 Å². The first-order valence-electron chi connectivity index (χ1n) is 11.1. The van der Waals surface area contributed by atoms with Crippen molar-refractivity contribution in [2.75, 3.05) is 0 Å². The van der Waals surface area contributed by atoms with E-state index in [1.165, 1.54) is 10.5 Å². The van der Waals surface area contributed by atoms with Crippen molar-refractivity contribution in [2.45, 2.75) is 68.6 Å². The summed E-state index contributed by atoms with van der Waals surface area (Å²) in [7, 11) is 0. The molecule has 4 heteroatoms. The van der Waals surface area contributed by atoms with E-state index in [9.17, 15) is 9.59 Å². The summed E-state index contributed by atoms with van der Waals surface area (Å²) < 4.78 is 0. The third-order valence-electron chi connectivity index (χ3n) is 8.77. The van der Waals surface area contributed by atoms with Crippen molar-refractivity contribution in [3.63, 3.8) is 0 Å². The van der Waals surface area contributed by atoms with Crippen LogP contribution in [0.3, 0.4) is 0 Å². The quantitative estimate of drug-likeness (QED) is 0.762. The van der Waals surface area contributed by atoms with Crippen LogP contribution in [-0.4, -0.2) is 22.9 Å². The van der Waals surface area contributed by atoms with Crippen LogP contribution in [0.2, 0.25) is 0 Å². The Morgan fingerprint density at radius 1 is 1.03 bits per heavy atom. The molecule has 1 aromatic carbocycles. The summed E-state index contributed by atoms with van der Waals surface area (Å²) in [5, 5.41) is 0.299. The van der Waals surface area contributed by atoms with Gasteiger partial charge in [-0.15, -0.1) is 11.8 Å². The zero-order chi connectivity index (χ0) is 20.4. The molecule has 0 spiro atoms. The summed E-state index contributed by atoms with van der Waals surface area (Å²) in [6.45, 7) is 4.58.